The molecule has 2 N–H and O–H groups in total. The number of anilines is 2. The van der Waals surface area contributed by atoms with Crippen LogP contribution in [0.15, 0.2) is 41.0 Å². The summed E-state index contributed by atoms with van der Waals surface area (Å²) in [5.74, 6) is 0.442. The van der Waals surface area contributed by atoms with Gasteiger partial charge in [0.25, 0.3) is 5.91 Å². The van der Waals surface area contributed by atoms with E-state index in [0.29, 0.717) is 17.1 Å². The first kappa shape index (κ1) is 14.3. The Labute approximate surface area is 125 Å². The molecule has 20 heavy (non-hydrogen) atoms. The maximum atomic E-state index is 12.1. The van der Waals surface area contributed by atoms with Crippen LogP contribution < -0.4 is 15.4 Å². The summed E-state index contributed by atoms with van der Waals surface area (Å²) >= 11 is 3.37. The van der Waals surface area contributed by atoms with E-state index in [9.17, 15) is 4.79 Å². The molecule has 0 saturated heterocycles. The monoisotopic (exact) mass is 335 g/mol. The molecule has 0 radical (unpaired) electrons. The normalized spacial score (nSPS) is 9.95. The summed E-state index contributed by atoms with van der Waals surface area (Å²) in [6, 6.07) is 8.80. The Morgan fingerprint density at radius 2 is 2.05 bits per heavy atom. The molecule has 6 heteroatoms. The molecule has 5 nitrogen and oxygen atoms in total. The first-order valence-electron chi connectivity index (χ1n) is 5.92. The lowest BCUT2D eigenvalue weighted by molar-refractivity contribution is 0.102. The second-order valence-corrected chi connectivity index (χ2v) is 4.84. The summed E-state index contributed by atoms with van der Waals surface area (Å²) < 4.78 is 5.91. The third kappa shape index (κ3) is 3.27. The zero-order valence-corrected chi connectivity index (χ0v) is 12.7. The zero-order valence-electron chi connectivity index (χ0n) is 11.1. The van der Waals surface area contributed by atoms with Crippen molar-refractivity contribution in [3.8, 4) is 5.75 Å². The van der Waals surface area contributed by atoms with Crippen LogP contribution in [-0.4, -0.2) is 25.0 Å². The number of hydrogen-bond acceptors (Lipinski definition) is 4. The molecule has 1 amide bonds. The predicted molar refractivity (Wildman–Crippen MR) is 82.4 cm³/mol. The standard InChI is InChI=1S/C14H14BrN3O2/c1-16-9-5-6-17-12(8-9)14(19)18-10-3-4-13(20-2)11(15)7-10/h3-8H,1-2H3,(H,16,17)(H,18,19). The van der Waals surface area contributed by atoms with Crippen LogP contribution >= 0.6 is 15.9 Å². The van der Waals surface area contributed by atoms with Crippen LogP contribution in [0.1, 0.15) is 10.5 Å². The number of pyridine rings is 1. The maximum Gasteiger partial charge on any atom is 0.274 e. The molecule has 104 valence electrons. The molecule has 1 aromatic carbocycles. The SMILES string of the molecule is CNc1ccnc(C(=O)Nc2ccc(OC)c(Br)c2)c1. The number of aromatic nitrogens is 1. The van der Waals surface area contributed by atoms with Crippen LogP contribution in [0.3, 0.4) is 0 Å². The first-order valence-corrected chi connectivity index (χ1v) is 6.72. The van der Waals surface area contributed by atoms with E-state index in [1.807, 2.05) is 0 Å². The molecule has 2 rings (SSSR count). The van der Waals surface area contributed by atoms with Crippen LogP contribution in [0, 0.1) is 0 Å². The molecule has 1 heterocycles. The van der Waals surface area contributed by atoms with Gasteiger partial charge < -0.3 is 15.4 Å². The van der Waals surface area contributed by atoms with Gasteiger partial charge in [-0.1, -0.05) is 0 Å². The third-order valence-electron chi connectivity index (χ3n) is 2.69. The van der Waals surface area contributed by atoms with Gasteiger partial charge in [-0.05, 0) is 46.3 Å². The molecular weight excluding hydrogens is 322 g/mol. The van der Waals surface area contributed by atoms with Gasteiger partial charge in [-0.3, -0.25) is 9.78 Å². The second kappa shape index (κ2) is 6.38. The Kier molecular flexibility index (Phi) is 4.57. The van der Waals surface area contributed by atoms with Crippen molar-refractivity contribution in [2.24, 2.45) is 0 Å². The molecule has 0 saturated carbocycles. The Bertz CT molecular complexity index is 632. The Hall–Kier alpha value is -2.08. The minimum Gasteiger partial charge on any atom is -0.496 e. The zero-order chi connectivity index (χ0) is 14.5. The smallest absolute Gasteiger partial charge is 0.274 e. The van der Waals surface area contributed by atoms with Crippen LogP contribution in [0.4, 0.5) is 11.4 Å². The number of nitrogens with one attached hydrogen (secondary N) is 2. The summed E-state index contributed by atoms with van der Waals surface area (Å²) in [7, 11) is 3.38. The van der Waals surface area contributed by atoms with Gasteiger partial charge in [0.05, 0.1) is 11.6 Å². The minimum atomic E-state index is -0.265. The van der Waals surface area contributed by atoms with Gasteiger partial charge in [0.2, 0.25) is 0 Å². The maximum absolute atomic E-state index is 12.1. The van der Waals surface area contributed by atoms with Crippen molar-refractivity contribution in [3.63, 3.8) is 0 Å². The summed E-state index contributed by atoms with van der Waals surface area (Å²) in [5, 5.41) is 5.75. The third-order valence-corrected chi connectivity index (χ3v) is 3.31. The molecular formula is C14H14BrN3O2. The topological polar surface area (TPSA) is 63.2 Å². The number of methoxy groups -OCH3 is 1. The van der Waals surface area contributed by atoms with E-state index < -0.39 is 0 Å². The van der Waals surface area contributed by atoms with Crippen LogP contribution in [0.2, 0.25) is 0 Å². The van der Waals surface area contributed by atoms with Crippen LogP contribution in [0.25, 0.3) is 0 Å². The van der Waals surface area contributed by atoms with E-state index >= 15 is 0 Å². The number of rotatable bonds is 4. The number of hydrogen-bond donors (Lipinski definition) is 2. The molecule has 0 bridgehead atoms. The average Bonchev–Trinajstić information content (AvgIpc) is 2.47. The highest BCUT2D eigenvalue weighted by molar-refractivity contribution is 9.10. The van der Waals surface area contributed by atoms with Crippen molar-refractivity contribution in [2.75, 3.05) is 24.8 Å². The molecule has 0 aliphatic heterocycles. The van der Waals surface area contributed by atoms with Gasteiger partial charge in [0.15, 0.2) is 0 Å². The van der Waals surface area contributed by atoms with E-state index in [-0.39, 0.29) is 5.91 Å². The molecule has 2 aromatic rings. The fourth-order valence-electron chi connectivity index (χ4n) is 1.65. The van der Waals surface area contributed by atoms with E-state index in [0.717, 1.165) is 10.2 Å². The summed E-state index contributed by atoms with van der Waals surface area (Å²) in [4.78, 5) is 16.2. The number of ether oxygens (including phenoxy) is 1. The number of halogens is 1. The Morgan fingerprint density at radius 3 is 2.70 bits per heavy atom. The van der Waals surface area contributed by atoms with Crippen molar-refractivity contribution >= 4 is 33.2 Å². The van der Waals surface area contributed by atoms with Gasteiger partial charge >= 0.3 is 0 Å². The Balaban J connectivity index is 2.16. The summed E-state index contributed by atoms with van der Waals surface area (Å²) in [5.41, 5.74) is 1.85. The lowest BCUT2D eigenvalue weighted by Crippen LogP contribution is -2.13. The number of carbonyl (C=O) groups excluding carboxylic acids is 1. The van der Waals surface area contributed by atoms with Crippen molar-refractivity contribution in [1.29, 1.82) is 0 Å². The number of amides is 1. The first-order chi connectivity index (χ1) is 9.63. The van der Waals surface area contributed by atoms with Crippen molar-refractivity contribution in [3.05, 3.63) is 46.7 Å². The molecule has 0 aliphatic carbocycles. The van der Waals surface area contributed by atoms with E-state index in [1.165, 1.54) is 0 Å². The van der Waals surface area contributed by atoms with E-state index in [4.69, 9.17) is 4.74 Å². The molecule has 0 spiro atoms. The van der Waals surface area contributed by atoms with Gasteiger partial charge in [0, 0.05) is 24.6 Å². The molecule has 0 unspecified atom stereocenters. The lowest BCUT2D eigenvalue weighted by atomic mass is 10.2. The average molecular weight is 336 g/mol. The molecule has 1 aromatic heterocycles. The molecule has 0 aliphatic rings. The van der Waals surface area contributed by atoms with Gasteiger partial charge in [-0.2, -0.15) is 0 Å². The van der Waals surface area contributed by atoms with Crippen molar-refractivity contribution in [2.45, 2.75) is 0 Å². The number of carbonyl (C=O) groups is 1. The molecule has 0 atom stereocenters. The van der Waals surface area contributed by atoms with Gasteiger partial charge in [0.1, 0.15) is 11.4 Å². The number of nitrogens with zero attached hydrogens (tertiary/aromatic N) is 1. The highest BCUT2D eigenvalue weighted by atomic mass is 79.9. The quantitative estimate of drug-likeness (QED) is 0.900. The fourth-order valence-corrected chi connectivity index (χ4v) is 2.19. The van der Waals surface area contributed by atoms with E-state index in [1.54, 1.807) is 50.7 Å². The van der Waals surface area contributed by atoms with E-state index in [2.05, 4.69) is 31.5 Å². The van der Waals surface area contributed by atoms with Gasteiger partial charge in [-0.15, -0.1) is 0 Å². The van der Waals surface area contributed by atoms with Gasteiger partial charge in [-0.25, -0.2) is 0 Å². The summed E-state index contributed by atoms with van der Waals surface area (Å²) in [6.07, 6.45) is 1.59. The molecule has 0 fully saturated rings. The second-order valence-electron chi connectivity index (χ2n) is 3.98. The lowest BCUT2D eigenvalue weighted by Gasteiger charge is -2.08. The predicted octanol–water partition coefficient (Wildman–Crippen LogP) is 3.15. The van der Waals surface area contributed by atoms with Crippen molar-refractivity contribution in [1.82, 2.24) is 4.98 Å². The van der Waals surface area contributed by atoms with Crippen LogP contribution in [-0.2, 0) is 0 Å². The largest absolute Gasteiger partial charge is 0.496 e. The summed E-state index contributed by atoms with van der Waals surface area (Å²) in [6.45, 7) is 0. The number of benzene rings is 1. The fraction of sp³-hybridized carbons (Fsp3) is 0.143. The van der Waals surface area contributed by atoms with Crippen molar-refractivity contribution < 1.29 is 9.53 Å². The van der Waals surface area contributed by atoms with Crippen LogP contribution in [0.5, 0.6) is 5.75 Å². The highest BCUT2D eigenvalue weighted by Crippen LogP contribution is 2.27. The minimum absolute atomic E-state index is 0.265. The Morgan fingerprint density at radius 1 is 1.25 bits per heavy atom. The highest BCUT2D eigenvalue weighted by Gasteiger charge is 2.09.